The zero-order chi connectivity index (χ0) is 25.5. The molecular formula is C27H33FN4O3S. The number of methoxy groups -OCH3 is 1. The number of ether oxygens (including phenoxy) is 1. The molecule has 0 spiro atoms. The number of carboxylic acid groups (broad SMARTS) is 1. The van der Waals surface area contributed by atoms with Gasteiger partial charge in [-0.15, -0.1) is 11.8 Å². The van der Waals surface area contributed by atoms with Crippen LogP contribution in [0.1, 0.15) is 43.0 Å². The minimum absolute atomic E-state index is 0.116. The van der Waals surface area contributed by atoms with E-state index in [-0.39, 0.29) is 19.4 Å². The highest BCUT2D eigenvalue weighted by atomic mass is 32.2. The molecule has 3 heterocycles. The van der Waals surface area contributed by atoms with Crippen LogP contribution in [0.5, 0.6) is 5.75 Å². The van der Waals surface area contributed by atoms with Gasteiger partial charge in [-0.2, -0.15) is 0 Å². The number of aliphatic carboxylic acids is 1. The van der Waals surface area contributed by atoms with E-state index in [9.17, 15) is 9.90 Å². The number of carbonyl (C=O) groups is 1. The van der Waals surface area contributed by atoms with Crippen LogP contribution >= 0.6 is 11.8 Å². The summed E-state index contributed by atoms with van der Waals surface area (Å²) >= 11 is 1.70. The Balaban J connectivity index is 1.40. The maximum absolute atomic E-state index is 15.8. The molecular weight excluding hydrogens is 479 g/mol. The first-order chi connectivity index (χ1) is 17.5. The molecule has 3 aromatic rings. The fraction of sp³-hybridized carbons (Fsp3) is 0.444. The predicted octanol–water partition coefficient (Wildman–Crippen LogP) is 4.85. The molecule has 0 amide bonds. The number of halogens is 1. The largest absolute Gasteiger partial charge is 0.497 e. The van der Waals surface area contributed by atoms with Gasteiger partial charge in [-0.3, -0.25) is 9.78 Å². The number of nitrogens with two attached hydrogens (primary N) is 1. The second-order valence-corrected chi connectivity index (χ2v) is 10.3. The Kier molecular flexibility index (Phi) is 8.77. The quantitative estimate of drug-likeness (QED) is 0.352. The average Bonchev–Trinajstić information content (AvgIpc) is 2.92. The van der Waals surface area contributed by atoms with Gasteiger partial charge in [0.05, 0.1) is 23.1 Å². The van der Waals surface area contributed by atoms with E-state index in [4.69, 9.17) is 10.5 Å². The summed E-state index contributed by atoms with van der Waals surface area (Å²) in [4.78, 5) is 23.4. The van der Waals surface area contributed by atoms with Crippen molar-refractivity contribution in [2.45, 2.75) is 43.4 Å². The average molecular weight is 513 g/mol. The Labute approximate surface area is 215 Å². The molecule has 36 heavy (non-hydrogen) atoms. The Morgan fingerprint density at radius 2 is 2.08 bits per heavy atom. The normalized spacial score (nSPS) is 16.6. The Bertz CT molecular complexity index is 1170. The minimum atomic E-state index is -1.34. The molecule has 1 aliphatic heterocycles. The molecule has 1 fully saturated rings. The van der Waals surface area contributed by atoms with Gasteiger partial charge in [0, 0.05) is 42.2 Å². The number of carboxylic acids is 1. The summed E-state index contributed by atoms with van der Waals surface area (Å²) in [6.07, 6.45) is 3.47. The van der Waals surface area contributed by atoms with E-state index in [0.717, 1.165) is 17.3 Å². The first-order valence-corrected chi connectivity index (χ1v) is 13.2. The van der Waals surface area contributed by atoms with E-state index >= 15 is 4.39 Å². The lowest BCUT2D eigenvalue weighted by Crippen LogP contribution is -2.45. The van der Waals surface area contributed by atoms with Crippen LogP contribution in [0.4, 0.5) is 4.39 Å². The van der Waals surface area contributed by atoms with Crippen molar-refractivity contribution < 1.29 is 19.0 Å². The zero-order valence-corrected chi connectivity index (χ0v) is 21.3. The van der Waals surface area contributed by atoms with Crippen molar-refractivity contribution in [3.8, 4) is 5.75 Å². The highest BCUT2D eigenvalue weighted by Crippen LogP contribution is 2.41. The molecule has 1 aromatic carbocycles. The molecule has 0 aliphatic carbocycles. The SMILES string of the molecule is COc1ccc2ncc(CN)c([C@H](F)CCC3(C(=O)O)CCN(CCSc4ccccn4)CC3)c2c1. The monoisotopic (exact) mass is 512 g/mol. The van der Waals surface area contributed by atoms with E-state index in [2.05, 4.69) is 14.9 Å². The first kappa shape index (κ1) is 26.3. The predicted molar refractivity (Wildman–Crippen MR) is 140 cm³/mol. The Morgan fingerprint density at radius 1 is 1.28 bits per heavy atom. The van der Waals surface area contributed by atoms with Crippen molar-refractivity contribution in [2.75, 3.05) is 32.5 Å². The number of fused-ring (bicyclic) bond motifs is 1. The molecule has 0 bridgehead atoms. The van der Waals surface area contributed by atoms with Crippen molar-refractivity contribution in [1.29, 1.82) is 0 Å². The summed E-state index contributed by atoms with van der Waals surface area (Å²) in [6.45, 7) is 2.41. The number of nitrogens with zero attached hydrogens (tertiary/aromatic N) is 3. The second-order valence-electron chi connectivity index (χ2n) is 9.23. The Morgan fingerprint density at radius 3 is 2.75 bits per heavy atom. The van der Waals surface area contributed by atoms with Crippen molar-refractivity contribution >= 4 is 28.6 Å². The fourth-order valence-corrected chi connectivity index (χ4v) is 5.80. The van der Waals surface area contributed by atoms with Crippen LogP contribution in [-0.2, 0) is 11.3 Å². The van der Waals surface area contributed by atoms with Crippen LogP contribution in [0.3, 0.4) is 0 Å². The van der Waals surface area contributed by atoms with Crippen molar-refractivity contribution in [1.82, 2.24) is 14.9 Å². The smallest absolute Gasteiger partial charge is 0.309 e. The summed E-state index contributed by atoms with van der Waals surface area (Å²) in [7, 11) is 1.56. The third-order valence-electron chi connectivity index (χ3n) is 7.17. The van der Waals surface area contributed by atoms with Gasteiger partial charge in [-0.25, -0.2) is 9.37 Å². The summed E-state index contributed by atoms with van der Waals surface area (Å²) < 4.78 is 21.1. The topological polar surface area (TPSA) is 102 Å². The highest BCUT2D eigenvalue weighted by Gasteiger charge is 2.41. The van der Waals surface area contributed by atoms with Crippen LogP contribution in [0, 0.1) is 5.41 Å². The number of thioether (sulfide) groups is 1. The Hall–Kier alpha value is -2.75. The molecule has 2 aromatic heterocycles. The highest BCUT2D eigenvalue weighted by molar-refractivity contribution is 7.99. The molecule has 192 valence electrons. The van der Waals surface area contributed by atoms with Crippen molar-refractivity contribution in [3.05, 3.63) is 59.9 Å². The second kappa shape index (κ2) is 12.0. The van der Waals surface area contributed by atoms with E-state index < -0.39 is 17.6 Å². The number of hydrogen-bond acceptors (Lipinski definition) is 7. The van der Waals surface area contributed by atoms with E-state index in [0.29, 0.717) is 53.7 Å². The number of rotatable bonds is 11. The fourth-order valence-electron chi connectivity index (χ4n) is 4.93. The number of hydrogen-bond donors (Lipinski definition) is 2. The summed E-state index contributed by atoms with van der Waals surface area (Å²) in [5.74, 6) is 0.671. The van der Waals surface area contributed by atoms with Crippen LogP contribution in [0.15, 0.2) is 53.8 Å². The van der Waals surface area contributed by atoms with Crippen LogP contribution < -0.4 is 10.5 Å². The van der Waals surface area contributed by atoms with Gasteiger partial charge in [-0.05, 0) is 74.7 Å². The van der Waals surface area contributed by atoms with Gasteiger partial charge < -0.3 is 20.5 Å². The summed E-state index contributed by atoms with van der Waals surface area (Å²) in [5, 5.41) is 11.8. The van der Waals surface area contributed by atoms with E-state index in [1.807, 2.05) is 18.2 Å². The number of aromatic nitrogens is 2. The molecule has 1 atom stereocenters. The van der Waals surface area contributed by atoms with Crippen molar-refractivity contribution in [3.63, 3.8) is 0 Å². The number of benzene rings is 1. The zero-order valence-electron chi connectivity index (χ0n) is 20.5. The third-order valence-corrected chi connectivity index (χ3v) is 8.09. The van der Waals surface area contributed by atoms with E-state index in [1.54, 1.807) is 49.5 Å². The lowest BCUT2D eigenvalue weighted by atomic mass is 9.74. The third kappa shape index (κ3) is 5.96. The first-order valence-electron chi connectivity index (χ1n) is 12.2. The number of alkyl halides is 1. The molecule has 4 rings (SSSR count). The molecule has 7 nitrogen and oxygen atoms in total. The van der Waals surface area contributed by atoms with Gasteiger partial charge in [0.15, 0.2) is 0 Å². The molecule has 9 heteroatoms. The maximum Gasteiger partial charge on any atom is 0.309 e. The molecule has 0 saturated carbocycles. The van der Waals surface area contributed by atoms with Gasteiger partial charge in [-0.1, -0.05) is 6.07 Å². The minimum Gasteiger partial charge on any atom is -0.497 e. The van der Waals surface area contributed by atoms with Gasteiger partial charge in [0.1, 0.15) is 11.9 Å². The van der Waals surface area contributed by atoms with Gasteiger partial charge in [0.25, 0.3) is 0 Å². The van der Waals surface area contributed by atoms with Gasteiger partial charge in [0.2, 0.25) is 0 Å². The molecule has 1 saturated heterocycles. The van der Waals surface area contributed by atoms with Crippen LogP contribution in [0.2, 0.25) is 0 Å². The number of pyridine rings is 2. The van der Waals surface area contributed by atoms with Crippen molar-refractivity contribution in [2.24, 2.45) is 11.1 Å². The van der Waals surface area contributed by atoms with Crippen LogP contribution in [-0.4, -0.2) is 58.4 Å². The molecule has 1 aliphatic rings. The molecule has 0 unspecified atom stereocenters. The summed E-state index contributed by atoms with van der Waals surface area (Å²) in [5.41, 5.74) is 6.78. The maximum atomic E-state index is 15.8. The summed E-state index contributed by atoms with van der Waals surface area (Å²) in [6, 6.07) is 11.2. The van der Waals surface area contributed by atoms with Gasteiger partial charge >= 0.3 is 5.97 Å². The molecule has 0 radical (unpaired) electrons. The standard InChI is InChI=1S/C27H33FN4O3S/c1-35-20-5-6-23-21(16-20)25(19(17-29)18-31-23)22(28)7-8-27(26(33)34)9-12-32(13-10-27)14-15-36-24-4-2-3-11-30-24/h2-6,11,16,18,22H,7-10,12-15,17,29H2,1H3,(H,33,34)/t22-/m1/s1. The number of piperidine rings is 1. The molecule has 3 N–H and O–H groups in total. The number of likely N-dealkylation sites (tertiary alicyclic amines) is 1. The lowest BCUT2D eigenvalue weighted by molar-refractivity contribution is -0.153. The van der Waals surface area contributed by atoms with E-state index in [1.165, 1.54) is 0 Å². The lowest BCUT2D eigenvalue weighted by Gasteiger charge is -2.39. The van der Waals surface area contributed by atoms with Crippen LogP contribution in [0.25, 0.3) is 10.9 Å².